The maximum absolute atomic E-state index is 15.8. The van der Waals surface area contributed by atoms with Crippen LogP contribution in [0.5, 0.6) is 5.88 Å². The van der Waals surface area contributed by atoms with E-state index in [1.165, 1.54) is 13.2 Å². The first-order valence-corrected chi connectivity index (χ1v) is 11.4. The molecule has 1 aromatic carbocycles. The van der Waals surface area contributed by atoms with Gasteiger partial charge in [0.2, 0.25) is 11.8 Å². The van der Waals surface area contributed by atoms with Crippen LogP contribution in [-0.2, 0) is 11.3 Å². The fraction of sp³-hybridized carbons (Fsp3) is 0.240. The highest BCUT2D eigenvalue weighted by Gasteiger charge is 2.25. The van der Waals surface area contributed by atoms with Gasteiger partial charge >= 0.3 is 5.97 Å². The second-order valence-electron chi connectivity index (χ2n) is 8.37. The fourth-order valence-corrected chi connectivity index (χ4v) is 4.46. The monoisotopic (exact) mass is 490 g/mol. The highest BCUT2D eigenvalue weighted by atomic mass is 19.1. The van der Waals surface area contributed by atoms with Gasteiger partial charge in [-0.2, -0.15) is 0 Å². The quantitative estimate of drug-likeness (QED) is 0.407. The molecule has 0 saturated carbocycles. The summed E-state index contributed by atoms with van der Waals surface area (Å²) in [7, 11) is 1.49. The third-order valence-corrected chi connectivity index (χ3v) is 6.21. The summed E-state index contributed by atoms with van der Waals surface area (Å²) in [5, 5.41) is 17.5. The Morgan fingerprint density at radius 3 is 2.83 bits per heavy atom. The number of aromatic carboxylic acids is 1. The molecule has 2 N–H and O–H groups in total. The van der Waals surface area contributed by atoms with Gasteiger partial charge in [0.15, 0.2) is 5.82 Å². The number of aryl methyl sites for hydroxylation is 1. The molecule has 0 saturated heterocycles. The number of nitrogens with one attached hydrogen (secondary N) is 1. The van der Waals surface area contributed by atoms with Crippen molar-refractivity contribution in [3.8, 4) is 17.0 Å². The number of H-pyrrole nitrogens is 1. The van der Waals surface area contributed by atoms with E-state index in [4.69, 9.17) is 4.74 Å². The number of hydrogen-bond donors (Lipinski definition) is 2. The van der Waals surface area contributed by atoms with Crippen molar-refractivity contribution in [1.82, 2.24) is 29.9 Å². The van der Waals surface area contributed by atoms with Crippen LogP contribution in [0.15, 0.2) is 48.9 Å². The van der Waals surface area contributed by atoms with Gasteiger partial charge in [0, 0.05) is 48.4 Å². The molecule has 0 unspecified atom stereocenters. The molecule has 1 aliphatic heterocycles. The van der Waals surface area contributed by atoms with Crippen molar-refractivity contribution < 1.29 is 23.8 Å². The van der Waals surface area contributed by atoms with Crippen molar-refractivity contribution >= 4 is 28.4 Å². The average Bonchev–Trinajstić information content (AvgIpc) is 3.58. The second kappa shape index (κ2) is 9.61. The molecule has 0 atom stereocenters. The van der Waals surface area contributed by atoms with E-state index in [2.05, 4.69) is 20.3 Å². The van der Waals surface area contributed by atoms with Crippen molar-refractivity contribution in [2.75, 3.05) is 20.2 Å². The van der Waals surface area contributed by atoms with Crippen molar-refractivity contribution in [3.05, 3.63) is 66.0 Å². The molecule has 0 bridgehead atoms. The minimum Gasteiger partial charge on any atom is -0.481 e. The Hall–Kier alpha value is -4.54. The highest BCUT2D eigenvalue weighted by molar-refractivity contribution is 6.03. The number of fused-ring (bicyclic) bond motifs is 1. The topological polar surface area (TPSA) is 126 Å². The molecule has 4 heterocycles. The molecule has 11 heteroatoms. The van der Waals surface area contributed by atoms with Crippen LogP contribution < -0.4 is 4.74 Å². The zero-order valence-corrected chi connectivity index (χ0v) is 19.4. The number of carboxylic acid groups (broad SMARTS) is 1. The van der Waals surface area contributed by atoms with Gasteiger partial charge in [0.1, 0.15) is 5.69 Å². The average molecular weight is 490 g/mol. The van der Waals surface area contributed by atoms with Crippen LogP contribution in [0.25, 0.3) is 27.6 Å². The van der Waals surface area contributed by atoms with Gasteiger partial charge in [-0.1, -0.05) is 11.3 Å². The highest BCUT2D eigenvalue weighted by Crippen LogP contribution is 2.39. The van der Waals surface area contributed by atoms with Crippen LogP contribution in [0, 0.1) is 5.82 Å². The number of carbonyl (C=O) groups excluding carboxylic acids is 1. The smallest absolute Gasteiger partial charge is 0.352 e. The van der Waals surface area contributed by atoms with E-state index < -0.39 is 11.8 Å². The molecular formula is C25H23FN6O4. The second-order valence-corrected chi connectivity index (χ2v) is 8.37. The zero-order chi connectivity index (χ0) is 25.2. The van der Waals surface area contributed by atoms with Crippen molar-refractivity contribution in [2.24, 2.45) is 0 Å². The molecular weight excluding hydrogens is 467 g/mol. The number of hydrogen-bond acceptors (Lipinski definition) is 6. The summed E-state index contributed by atoms with van der Waals surface area (Å²) in [6, 6.07) is 6.59. The van der Waals surface area contributed by atoms with E-state index in [0.29, 0.717) is 47.5 Å². The van der Waals surface area contributed by atoms with Gasteiger partial charge in [-0.25, -0.2) is 14.2 Å². The summed E-state index contributed by atoms with van der Waals surface area (Å²) in [5.74, 6) is -1.51. The van der Waals surface area contributed by atoms with Crippen molar-refractivity contribution in [1.29, 1.82) is 0 Å². The first-order chi connectivity index (χ1) is 17.5. The molecule has 4 aromatic rings. The lowest BCUT2D eigenvalue weighted by Crippen LogP contribution is -2.36. The molecule has 1 aliphatic rings. The number of ether oxygens (including phenoxy) is 1. The number of carboxylic acids is 1. The molecule has 0 radical (unpaired) electrons. The Morgan fingerprint density at radius 2 is 2.08 bits per heavy atom. The number of nitrogens with zero attached hydrogens (tertiary/aromatic N) is 5. The summed E-state index contributed by atoms with van der Waals surface area (Å²) in [6.45, 7) is 1.16. The number of methoxy groups -OCH3 is 1. The van der Waals surface area contributed by atoms with Crippen LogP contribution in [0.2, 0.25) is 0 Å². The zero-order valence-electron chi connectivity index (χ0n) is 19.4. The van der Waals surface area contributed by atoms with Crippen molar-refractivity contribution in [2.45, 2.75) is 19.4 Å². The molecule has 0 spiro atoms. The Morgan fingerprint density at radius 1 is 1.22 bits per heavy atom. The number of aromatic amines is 1. The molecule has 5 rings (SSSR count). The van der Waals surface area contributed by atoms with Gasteiger partial charge in [0.25, 0.3) is 0 Å². The van der Waals surface area contributed by atoms with E-state index in [-0.39, 0.29) is 35.6 Å². The summed E-state index contributed by atoms with van der Waals surface area (Å²) in [6.07, 6.45) is 7.55. The Labute approximate surface area is 205 Å². The van der Waals surface area contributed by atoms with Gasteiger partial charge in [0.05, 0.1) is 25.4 Å². The molecule has 0 aliphatic carbocycles. The first-order valence-electron chi connectivity index (χ1n) is 11.4. The summed E-state index contributed by atoms with van der Waals surface area (Å²) in [5.41, 5.74) is 2.04. The third-order valence-electron chi connectivity index (χ3n) is 6.21. The number of rotatable bonds is 7. The lowest BCUT2D eigenvalue weighted by molar-refractivity contribution is -0.131. The molecule has 36 heavy (non-hydrogen) atoms. The number of benzene rings is 1. The van der Waals surface area contributed by atoms with E-state index in [1.807, 2.05) is 6.08 Å². The Kier molecular flexibility index (Phi) is 6.19. The maximum atomic E-state index is 15.8. The number of carbonyl (C=O) groups is 2. The molecule has 1 amide bonds. The minimum absolute atomic E-state index is 0.0697. The van der Waals surface area contributed by atoms with Gasteiger partial charge < -0.3 is 19.7 Å². The van der Waals surface area contributed by atoms with Crippen LogP contribution in [0.1, 0.15) is 28.9 Å². The number of halogens is 1. The van der Waals surface area contributed by atoms with Gasteiger partial charge in [-0.3, -0.25) is 9.48 Å². The van der Waals surface area contributed by atoms with Crippen LogP contribution in [0.3, 0.4) is 0 Å². The SMILES string of the molecule is COc1ncccc1-c1cc(C2=CCCN(C(=O)CCn3ccnn3)C2)c(F)c2[nH]c(C(=O)O)cc12. The summed E-state index contributed by atoms with van der Waals surface area (Å²) >= 11 is 0. The lowest BCUT2D eigenvalue weighted by atomic mass is 9.93. The number of amides is 1. The standard InChI is InChI=1S/C25H23FN6O4/c1-36-24-16(5-2-7-27-24)18-12-17(22(26)23-19(18)13-20(29-23)25(34)35)15-4-3-9-31(14-15)21(33)6-10-32-11-8-28-30-32/h2,4-5,7-8,11-13,29H,3,6,9-10,14H2,1H3,(H,34,35). The molecule has 0 fully saturated rings. The third kappa shape index (κ3) is 4.30. The van der Waals surface area contributed by atoms with Gasteiger partial charge in [-0.05, 0) is 41.8 Å². The Balaban J connectivity index is 1.54. The number of aromatic nitrogens is 5. The predicted octanol–water partition coefficient (Wildman–Crippen LogP) is 3.37. The van der Waals surface area contributed by atoms with Gasteiger partial charge in [-0.15, -0.1) is 5.10 Å². The summed E-state index contributed by atoms with van der Waals surface area (Å²) < 4.78 is 22.8. The first kappa shape index (κ1) is 23.2. The molecule has 184 valence electrons. The normalized spacial score (nSPS) is 13.6. The summed E-state index contributed by atoms with van der Waals surface area (Å²) in [4.78, 5) is 33.1. The van der Waals surface area contributed by atoms with E-state index in [9.17, 15) is 14.7 Å². The van der Waals surface area contributed by atoms with Crippen LogP contribution in [0.4, 0.5) is 4.39 Å². The minimum atomic E-state index is -1.20. The van der Waals surface area contributed by atoms with E-state index >= 15 is 4.39 Å². The molecule has 3 aromatic heterocycles. The predicted molar refractivity (Wildman–Crippen MR) is 129 cm³/mol. The largest absolute Gasteiger partial charge is 0.481 e. The van der Waals surface area contributed by atoms with Crippen molar-refractivity contribution in [3.63, 3.8) is 0 Å². The molecule has 10 nitrogen and oxygen atoms in total. The van der Waals surface area contributed by atoms with Crippen LogP contribution in [-0.4, -0.2) is 67.0 Å². The van der Waals surface area contributed by atoms with E-state index in [0.717, 1.165) is 0 Å². The Bertz CT molecular complexity index is 1480. The fourth-order valence-electron chi connectivity index (χ4n) is 4.46. The lowest BCUT2D eigenvalue weighted by Gasteiger charge is -2.28. The van der Waals surface area contributed by atoms with Crippen LogP contribution >= 0.6 is 0 Å². The van der Waals surface area contributed by atoms with E-state index in [1.54, 1.807) is 46.4 Å². The maximum Gasteiger partial charge on any atom is 0.352 e. The number of pyridine rings is 1.